The first-order valence-corrected chi connectivity index (χ1v) is 6.16. The minimum Gasteiger partial charge on any atom is -0.353 e. The predicted octanol–water partition coefficient (Wildman–Crippen LogP) is 1.15. The van der Waals surface area contributed by atoms with Crippen LogP contribution in [0.4, 0.5) is 0 Å². The first-order chi connectivity index (χ1) is 8.24. The molecule has 1 fully saturated rings. The lowest BCUT2D eigenvalue weighted by Gasteiger charge is -2.05. The Kier molecular flexibility index (Phi) is 4.09. The van der Waals surface area contributed by atoms with Crippen molar-refractivity contribution in [1.82, 2.24) is 15.6 Å². The van der Waals surface area contributed by atoms with E-state index in [1.165, 1.54) is 0 Å². The number of hydrogen-bond acceptors (Lipinski definition) is 3. The highest BCUT2D eigenvalue weighted by atomic mass is 16.1. The maximum atomic E-state index is 11.4. The number of nitrogens with one attached hydrogen (secondary N) is 2. The van der Waals surface area contributed by atoms with Crippen molar-refractivity contribution in [2.24, 2.45) is 0 Å². The van der Waals surface area contributed by atoms with Crippen LogP contribution in [0, 0.1) is 6.92 Å². The number of rotatable bonds is 6. The number of carbonyl (C=O) groups is 1. The number of amides is 1. The van der Waals surface area contributed by atoms with E-state index in [-0.39, 0.29) is 5.91 Å². The Morgan fingerprint density at radius 3 is 3.00 bits per heavy atom. The highest BCUT2D eigenvalue weighted by molar-refractivity contribution is 5.76. The lowest BCUT2D eigenvalue weighted by atomic mass is 10.3. The van der Waals surface area contributed by atoms with Gasteiger partial charge in [-0.1, -0.05) is 6.07 Å². The fraction of sp³-hybridized carbons (Fsp3) is 0.538. The van der Waals surface area contributed by atoms with Crippen LogP contribution in [0.25, 0.3) is 0 Å². The van der Waals surface area contributed by atoms with Crippen molar-refractivity contribution in [2.75, 3.05) is 6.54 Å². The summed E-state index contributed by atoms with van der Waals surface area (Å²) >= 11 is 0. The Bertz CT molecular complexity index is 388. The van der Waals surface area contributed by atoms with E-state index < -0.39 is 0 Å². The van der Waals surface area contributed by atoms with Gasteiger partial charge in [-0.3, -0.25) is 9.78 Å². The van der Waals surface area contributed by atoms with Crippen molar-refractivity contribution in [1.29, 1.82) is 0 Å². The van der Waals surface area contributed by atoms with Gasteiger partial charge in [0.2, 0.25) is 5.91 Å². The van der Waals surface area contributed by atoms with Gasteiger partial charge in [-0.25, -0.2) is 0 Å². The third-order valence-corrected chi connectivity index (χ3v) is 2.72. The highest BCUT2D eigenvalue weighted by Crippen LogP contribution is 2.18. The quantitative estimate of drug-likeness (QED) is 0.725. The van der Waals surface area contributed by atoms with Crippen LogP contribution < -0.4 is 10.6 Å². The topological polar surface area (TPSA) is 54.0 Å². The van der Waals surface area contributed by atoms with Crippen LogP contribution in [-0.2, 0) is 11.3 Å². The number of aryl methyl sites for hydroxylation is 1. The molecule has 0 saturated heterocycles. The Balaban J connectivity index is 1.60. The Morgan fingerprint density at radius 1 is 1.47 bits per heavy atom. The summed E-state index contributed by atoms with van der Waals surface area (Å²) in [5, 5.41) is 6.20. The molecular formula is C13H19N3O. The zero-order chi connectivity index (χ0) is 12.1. The number of nitrogens with zero attached hydrogens (tertiary/aromatic N) is 1. The standard InChI is InChI=1S/C13H19N3O/c1-10-3-2-4-12(15-10)9-14-8-7-13(17)16-11-5-6-11/h2-4,11,14H,5-9H2,1H3,(H,16,17). The monoisotopic (exact) mass is 233 g/mol. The van der Waals surface area contributed by atoms with E-state index in [4.69, 9.17) is 0 Å². The van der Waals surface area contributed by atoms with Crippen molar-refractivity contribution < 1.29 is 4.79 Å². The van der Waals surface area contributed by atoms with E-state index in [1.807, 2.05) is 25.1 Å². The smallest absolute Gasteiger partial charge is 0.221 e. The highest BCUT2D eigenvalue weighted by Gasteiger charge is 2.22. The molecule has 17 heavy (non-hydrogen) atoms. The first kappa shape index (κ1) is 12.0. The molecular weight excluding hydrogens is 214 g/mol. The Labute approximate surface area is 102 Å². The molecule has 1 heterocycles. The number of pyridine rings is 1. The summed E-state index contributed by atoms with van der Waals surface area (Å²) in [6.07, 6.45) is 2.83. The molecule has 0 spiro atoms. The SMILES string of the molecule is Cc1cccc(CNCCC(=O)NC2CC2)n1. The Hall–Kier alpha value is -1.42. The second-order valence-corrected chi connectivity index (χ2v) is 4.54. The van der Waals surface area contributed by atoms with E-state index in [9.17, 15) is 4.79 Å². The van der Waals surface area contributed by atoms with E-state index in [0.717, 1.165) is 30.8 Å². The molecule has 1 amide bonds. The largest absolute Gasteiger partial charge is 0.353 e. The summed E-state index contributed by atoms with van der Waals surface area (Å²) in [5.74, 6) is 0.150. The van der Waals surface area contributed by atoms with Gasteiger partial charge in [-0.2, -0.15) is 0 Å². The average Bonchev–Trinajstić information content (AvgIpc) is 3.08. The lowest BCUT2D eigenvalue weighted by molar-refractivity contribution is -0.121. The minimum atomic E-state index is 0.150. The van der Waals surface area contributed by atoms with Gasteiger partial charge in [0.05, 0.1) is 5.69 Å². The van der Waals surface area contributed by atoms with Crippen LogP contribution in [0.3, 0.4) is 0 Å². The molecule has 1 aromatic heterocycles. The third kappa shape index (κ3) is 4.53. The molecule has 0 aromatic carbocycles. The molecule has 1 saturated carbocycles. The van der Waals surface area contributed by atoms with Crippen molar-refractivity contribution in [2.45, 2.75) is 38.8 Å². The third-order valence-electron chi connectivity index (χ3n) is 2.72. The zero-order valence-corrected chi connectivity index (χ0v) is 10.2. The molecule has 4 heteroatoms. The van der Waals surface area contributed by atoms with Crippen molar-refractivity contribution in [3.8, 4) is 0 Å². The van der Waals surface area contributed by atoms with Crippen LogP contribution in [0.15, 0.2) is 18.2 Å². The Morgan fingerprint density at radius 2 is 2.29 bits per heavy atom. The summed E-state index contributed by atoms with van der Waals surface area (Å²) in [6.45, 7) is 3.40. The maximum Gasteiger partial charge on any atom is 0.221 e. The van der Waals surface area contributed by atoms with Gasteiger partial charge in [0, 0.05) is 31.2 Å². The van der Waals surface area contributed by atoms with E-state index >= 15 is 0 Å². The maximum absolute atomic E-state index is 11.4. The van der Waals surface area contributed by atoms with Gasteiger partial charge < -0.3 is 10.6 Å². The second kappa shape index (κ2) is 5.77. The first-order valence-electron chi connectivity index (χ1n) is 6.16. The molecule has 1 aliphatic carbocycles. The lowest BCUT2D eigenvalue weighted by Crippen LogP contribution is -2.29. The fourth-order valence-corrected chi connectivity index (χ4v) is 1.64. The van der Waals surface area contributed by atoms with Crippen LogP contribution in [-0.4, -0.2) is 23.5 Å². The van der Waals surface area contributed by atoms with Gasteiger partial charge in [0.25, 0.3) is 0 Å². The van der Waals surface area contributed by atoms with Gasteiger partial charge in [0.15, 0.2) is 0 Å². The van der Waals surface area contributed by atoms with Gasteiger partial charge in [0.1, 0.15) is 0 Å². The molecule has 2 N–H and O–H groups in total. The molecule has 1 aliphatic rings. The molecule has 1 aromatic rings. The summed E-state index contributed by atoms with van der Waals surface area (Å²) in [7, 11) is 0. The van der Waals surface area contributed by atoms with E-state index in [2.05, 4.69) is 15.6 Å². The minimum absolute atomic E-state index is 0.150. The van der Waals surface area contributed by atoms with Gasteiger partial charge in [-0.05, 0) is 31.9 Å². The molecule has 0 radical (unpaired) electrons. The van der Waals surface area contributed by atoms with Gasteiger partial charge >= 0.3 is 0 Å². The average molecular weight is 233 g/mol. The molecule has 0 atom stereocenters. The summed E-state index contributed by atoms with van der Waals surface area (Å²) < 4.78 is 0. The van der Waals surface area contributed by atoms with Crippen LogP contribution in [0.1, 0.15) is 30.7 Å². The van der Waals surface area contributed by atoms with Crippen LogP contribution >= 0.6 is 0 Å². The molecule has 92 valence electrons. The van der Waals surface area contributed by atoms with E-state index in [1.54, 1.807) is 0 Å². The second-order valence-electron chi connectivity index (χ2n) is 4.54. The molecule has 2 rings (SSSR count). The van der Waals surface area contributed by atoms with Crippen molar-refractivity contribution >= 4 is 5.91 Å². The predicted molar refractivity (Wildman–Crippen MR) is 66.5 cm³/mol. The fourth-order valence-electron chi connectivity index (χ4n) is 1.64. The molecule has 0 aliphatic heterocycles. The normalized spacial score (nSPS) is 14.6. The number of aromatic nitrogens is 1. The molecule has 4 nitrogen and oxygen atoms in total. The molecule has 0 unspecified atom stereocenters. The van der Waals surface area contributed by atoms with Crippen LogP contribution in [0.2, 0.25) is 0 Å². The summed E-state index contributed by atoms with van der Waals surface area (Å²) in [4.78, 5) is 15.8. The number of carbonyl (C=O) groups excluding carboxylic acids is 1. The van der Waals surface area contributed by atoms with Crippen molar-refractivity contribution in [3.63, 3.8) is 0 Å². The van der Waals surface area contributed by atoms with Crippen molar-refractivity contribution in [3.05, 3.63) is 29.6 Å². The molecule has 0 bridgehead atoms. The van der Waals surface area contributed by atoms with Crippen LogP contribution in [0.5, 0.6) is 0 Å². The number of hydrogen-bond donors (Lipinski definition) is 2. The van der Waals surface area contributed by atoms with E-state index in [0.29, 0.717) is 19.0 Å². The summed E-state index contributed by atoms with van der Waals surface area (Å²) in [6, 6.07) is 6.43. The zero-order valence-electron chi connectivity index (χ0n) is 10.2. The van der Waals surface area contributed by atoms with Gasteiger partial charge in [-0.15, -0.1) is 0 Å². The summed E-state index contributed by atoms with van der Waals surface area (Å²) in [5.41, 5.74) is 2.04.